The Kier molecular flexibility index (Phi) is 10.2. The van der Waals surface area contributed by atoms with Crippen molar-refractivity contribution in [1.82, 2.24) is 20.2 Å². The van der Waals surface area contributed by atoms with E-state index in [1.165, 1.54) is 11.3 Å². The molecule has 2 aromatic rings. The van der Waals surface area contributed by atoms with E-state index in [4.69, 9.17) is 15.5 Å². The maximum absolute atomic E-state index is 14.1. The largest absolute Gasteiger partial charge is 0.477 e. The van der Waals surface area contributed by atoms with Gasteiger partial charge in [-0.2, -0.15) is 13.2 Å². The summed E-state index contributed by atoms with van der Waals surface area (Å²) in [5, 5.41) is 3.17. The fraction of sp³-hybridized carbons (Fsp3) is 0.636. The molecule has 2 aliphatic carbocycles. The number of hydrogen-bond donors (Lipinski definition) is 2. The lowest BCUT2D eigenvalue weighted by Crippen LogP contribution is -2.62. The van der Waals surface area contributed by atoms with Crippen molar-refractivity contribution in [2.45, 2.75) is 89.9 Å². The van der Waals surface area contributed by atoms with Crippen LogP contribution in [-0.4, -0.2) is 77.7 Å². The third kappa shape index (κ3) is 6.62. The molecule has 2 amide bonds. The molecule has 2 saturated carbocycles. The first-order valence-electron chi connectivity index (χ1n) is 16.4. The van der Waals surface area contributed by atoms with Gasteiger partial charge >= 0.3 is 6.18 Å². The molecule has 1 saturated heterocycles. The van der Waals surface area contributed by atoms with Crippen molar-refractivity contribution in [1.29, 1.82) is 0 Å². The number of hydrogen-bond acceptors (Lipinski definition) is 7. The first-order chi connectivity index (χ1) is 21.6. The van der Waals surface area contributed by atoms with Gasteiger partial charge in [-0.1, -0.05) is 32.6 Å². The number of carbonyl (C=O) groups is 2. The standard InChI is InChI=1S/C33H45F3N6O3/c1-3-23-21-41(31(44)32(15-9-16-32)33(34,35)36)18-19-42(23)27-14-13-25(24-12-8-17-38-30(24)45-4-2)39-28(27)29(43)40-26(20-37)22-10-6-5-7-11-22/h8,12-14,17,22-23,26H,3-7,9-11,15-16,18-21,37H2,1-2H3,(H,40,43)/t23-,26-/m1/s1. The van der Waals surface area contributed by atoms with Gasteiger partial charge in [0, 0.05) is 44.5 Å². The molecule has 2 atom stereocenters. The van der Waals surface area contributed by atoms with Gasteiger partial charge in [0.25, 0.3) is 5.91 Å². The molecule has 45 heavy (non-hydrogen) atoms. The van der Waals surface area contributed by atoms with Gasteiger partial charge in [-0.05, 0) is 69.2 Å². The Bertz CT molecular complexity index is 1350. The number of rotatable bonds is 10. The minimum absolute atomic E-state index is 0.126. The predicted molar refractivity (Wildman–Crippen MR) is 166 cm³/mol. The molecule has 12 heteroatoms. The van der Waals surface area contributed by atoms with Crippen LogP contribution in [-0.2, 0) is 4.79 Å². The van der Waals surface area contributed by atoms with E-state index in [0.29, 0.717) is 48.8 Å². The van der Waals surface area contributed by atoms with Crippen LogP contribution in [0.2, 0.25) is 0 Å². The molecule has 0 spiro atoms. The van der Waals surface area contributed by atoms with Crippen LogP contribution in [0.25, 0.3) is 11.3 Å². The Morgan fingerprint density at radius 3 is 2.49 bits per heavy atom. The Labute approximate surface area is 263 Å². The minimum atomic E-state index is -4.57. The second-order valence-electron chi connectivity index (χ2n) is 12.5. The fourth-order valence-electron chi connectivity index (χ4n) is 7.14. The quantitative estimate of drug-likeness (QED) is 0.365. The van der Waals surface area contributed by atoms with Crippen molar-refractivity contribution in [3.8, 4) is 17.1 Å². The lowest BCUT2D eigenvalue weighted by atomic mass is 9.67. The zero-order valence-electron chi connectivity index (χ0n) is 26.2. The van der Waals surface area contributed by atoms with Crippen molar-refractivity contribution in [3.05, 3.63) is 36.2 Å². The van der Waals surface area contributed by atoms with Gasteiger partial charge in [0.15, 0.2) is 5.69 Å². The van der Waals surface area contributed by atoms with E-state index in [-0.39, 0.29) is 62.1 Å². The van der Waals surface area contributed by atoms with Gasteiger partial charge in [-0.3, -0.25) is 9.59 Å². The van der Waals surface area contributed by atoms with Crippen LogP contribution in [0.15, 0.2) is 30.5 Å². The molecular weight excluding hydrogens is 585 g/mol. The average Bonchev–Trinajstić information content (AvgIpc) is 3.02. The number of ether oxygens (including phenoxy) is 1. The summed E-state index contributed by atoms with van der Waals surface area (Å²) in [4.78, 5) is 40.0. The highest BCUT2D eigenvalue weighted by Crippen LogP contribution is 2.54. The number of carbonyl (C=O) groups excluding carboxylic acids is 2. The number of nitrogens with zero attached hydrogens (tertiary/aromatic N) is 4. The van der Waals surface area contributed by atoms with Crippen LogP contribution < -0.4 is 20.7 Å². The van der Waals surface area contributed by atoms with Crippen LogP contribution >= 0.6 is 0 Å². The Hall–Kier alpha value is -3.41. The first-order valence-corrected chi connectivity index (χ1v) is 16.4. The molecule has 3 heterocycles. The van der Waals surface area contributed by atoms with E-state index in [2.05, 4.69) is 10.3 Å². The zero-order chi connectivity index (χ0) is 32.2. The summed E-state index contributed by atoms with van der Waals surface area (Å²) in [7, 11) is 0. The SMILES string of the molecule is CCOc1ncccc1-c1ccc(N2CCN(C(=O)C3(C(F)(F)F)CCC3)C[C@H]2CC)c(C(=O)N[C@H](CN)C2CCCCC2)n1. The molecule has 3 N–H and O–H groups in total. The van der Waals surface area contributed by atoms with Gasteiger partial charge in [-0.15, -0.1) is 0 Å². The molecule has 3 fully saturated rings. The van der Waals surface area contributed by atoms with Crippen molar-refractivity contribution in [3.63, 3.8) is 0 Å². The van der Waals surface area contributed by atoms with E-state index in [0.717, 1.165) is 25.7 Å². The molecule has 0 bridgehead atoms. The number of alkyl halides is 3. The van der Waals surface area contributed by atoms with E-state index in [9.17, 15) is 22.8 Å². The normalized spacial score (nSPS) is 21.2. The molecule has 5 rings (SSSR count). The summed E-state index contributed by atoms with van der Waals surface area (Å²) >= 11 is 0. The highest BCUT2D eigenvalue weighted by Gasteiger charge is 2.64. The first kappa shape index (κ1) is 33.0. The predicted octanol–water partition coefficient (Wildman–Crippen LogP) is 5.34. The number of amides is 2. The molecule has 0 unspecified atom stereocenters. The van der Waals surface area contributed by atoms with Crippen LogP contribution in [0.1, 0.15) is 82.1 Å². The maximum Gasteiger partial charge on any atom is 0.403 e. The smallest absolute Gasteiger partial charge is 0.403 e. The summed E-state index contributed by atoms with van der Waals surface area (Å²) < 4.78 is 47.8. The van der Waals surface area contributed by atoms with Crippen molar-refractivity contribution >= 4 is 17.5 Å². The van der Waals surface area contributed by atoms with Crippen LogP contribution in [0.4, 0.5) is 18.9 Å². The third-order valence-corrected chi connectivity index (χ3v) is 9.92. The second-order valence-corrected chi connectivity index (χ2v) is 12.5. The van der Waals surface area contributed by atoms with Gasteiger partial charge < -0.3 is 25.6 Å². The van der Waals surface area contributed by atoms with Crippen molar-refractivity contribution in [2.75, 3.05) is 37.7 Å². The molecule has 0 aromatic carbocycles. The summed E-state index contributed by atoms with van der Waals surface area (Å²) in [5.41, 5.74) is 5.83. The number of nitrogens with two attached hydrogens (primary N) is 1. The number of aromatic nitrogens is 2. The van der Waals surface area contributed by atoms with Gasteiger partial charge in [0.2, 0.25) is 11.8 Å². The van der Waals surface area contributed by atoms with Crippen LogP contribution in [0.5, 0.6) is 5.88 Å². The monoisotopic (exact) mass is 630 g/mol. The summed E-state index contributed by atoms with van der Waals surface area (Å²) in [6, 6.07) is 6.76. The van der Waals surface area contributed by atoms with Gasteiger partial charge in [0.1, 0.15) is 5.41 Å². The maximum atomic E-state index is 14.1. The van der Waals surface area contributed by atoms with E-state index >= 15 is 0 Å². The second kappa shape index (κ2) is 13.9. The van der Waals surface area contributed by atoms with Crippen LogP contribution in [0, 0.1) is 11.3 Å². The molecular formula is C33H45F3N6O3. The minimum Gasteiger partial charge on any atom is -0.477 e. The Morgan fingerprint density at radius 1 is 1.11 bits per heavy atom. The van der Waals surface area contributed by atoms with E-state index < -0.39 is 17.5 Å². The number of halogens is 3. The number of anilines is 1. The highest BCUT2D eigenvalue weighted by molar-refractivity contribution is 5.99. The third-order valence-electron chi connectivity index (χ3n) is 9.92. The lowest BCUT2D eigenvalue weighted by Gasteiger charge is -2.48. The van der Waals surface area contributed by atoms with Crippen molar-refractivity contribution in [2.24, 2.45) is 17.1 Å². The molecule has 2 aromatic heterocycles. The molecule has 9 nitrogen and oxygen atoms in total. The number of pyridine rings is 2. The van der Waals surface area contributed by atoms with Crippen molar-refractivity contribution < 1.29 is 27.5 Å². The highest BCUT2D eigenvalue weighted by atomic mass is 19.4. The molecule has 246 valence electrons. The van der Waals surface area contributed by atoms with Gasteiger partial charge in [0.05, 0.1) is 23.6 Å². The average molecular weight is 631 g/mol. The summed E-state index contributed by atoms with van der Waals surface area (Å²) in [6.07, 6.45) is 3.09. The molecule has 0 radical (unpaired) electrons. The zero-order valence-corrected chi connectivity index (χ0v) is 26.2. The topological polar surface area (TPSA) is 114 Å². The van der Waals surface area contributed by atoms with Gasteiger partial charge in [-0.25, -0.2) is 9.97 Å². The molecule has 1 aliphatic heterocycles. The Balaban J connectivity index is 1.47. The van der Waals surface area contributed by atoms with Crippen LogP contribution in [0.3, 0.4) is 0 Å². The van der Waals surface area contributed by atoms with E-state index in [1.807, 2.05) is 36.9 Å². The lowest BCUT2D eigenvalue weighted by molar-refractivity contribution is -0.248. The van der Waals surface area contributed by atoms with E-state index in [1.54, 1.807) is 12.3 Å². The summed E-state index contributed by atoms with van der Waals surface area (Å²) in [5.74, 6) is -0.493. The number of nitrogens with one attached hydrogen (secondary N) is 1. The number of piperazine rings is 1. The Morgan fingerprint density at radius 2 is 1.87 bits per heavy atom. The molecule has 3 aliphatic rings. The summed E-state index contributed by atoms with van der Waals surface area (Å²) in [6.45, 7) is 5.06. The fourth-order valence-corrected chi connectivity index (χ4v) is 7.14.